The number of hydrogen-bond acceptors (Lipinski definition) is 6. The van der Waals surface area contributed by atoms with E-state index in [4.69, 9.17) is 4.74 Å². The number of nitrogens with zero attached hydrogens (tertiary/aromatic N) is 4. The minimum absolute atomic E-state index is 0.0350. The number of alkyl halides is 4. The van der Waals surface area contributed by atoms with Crippen LogP contribution in [-0.2, 0) is 22.5 Å². The minimum Gasteiger partial charge on any atom is -0.453 e. The van der Waals surface area contributed by atoms with Gasteiger partial charge in [0.05, 0.1) is 5.01 Å². The first-order valence-corrected chi connectivity index (χ1v) is 13.3. The number of fused-ring (bicyclic) bond motifs is 1. The molecular weight excluding hydrogens is 524 g/mol. The lowest BCUT2D eigenvalue weighted by Crippen LogP contribution is -2.40. The molecule has 3 heterocycles. The van der Waals surface area contributed by atoms with Gasteiger partial charge in [0.1, 0.15) is 24.0 Å². The molecule has 1 fully saturated rings. The van der Waals surface area contributed by atoms with Crippen molar-refractivity contribution in [1.29, 1.82) is 0 Å². The van der Waals surface area contributed by atoms with E-state index < -0.39 is 42.7 Å². The van der Waals surface area contributed by atoms with Gasteiger partial charge in [-0.2, -0.15) is 5.10 Å². The normalized spacial score (nSPS) is 18.2. The number of carbonyl (C=O) groups is 2. The number of aryl methyl sites for hydroxylation is 1. The van der Waals surface area contributed by atoms with Crippen molar-refractivity contribution in [3.05, 3.63) is 68.9 Å². The maximum atomic E-state index is 13.2. The largest absolute Gasteiger partial charge is 0.453 e. The zero-order valence-electron chi connectivity index (χ0n) is 20.4. The van der Waals surface area contributed by atoms with Crippen LogP contribution in [-0.4, -0.2) is 44.6 Å². The molecular formula is C26H26F4N4O3S. The maximum absolute atomic E-state index is 13.2. The van der Waals surface area contributed by atoms with Crippen LogP contribution in [0, 0.1) is 0 Å². The standard InChI is InChI=1S/C26H26F4N4O3S/c27-23(28)18-12-20(24(29)30)34(32-18)13-22(35)33-10-8-16(9-11-33)25-31-19(14-38-25)26(36)37-21-7-3-5-15-4-1-2-6-17(15)21/h1-2,4,6,12,14,16,21,23-24H,3,5,7-11,13H2. The van der Waals surface area contributed by atoms with E-state index in [1.165, 1.54) is 21.8 Å². The average Bonchev–Trinajstić information content (AvgIpc) is 3.57. The molecule has 2 aliphatic rings. The van der Waals surface area contributed by atoms with Gasteiger partial charge < -0.3 is 9.64 Å². The van der Waals surface area contributed by atoms with Gasteiger partial charge in [-0.1, -0.05) is 24.3 Å². The molecule has 0 N–H and O–H groups in total. The first-order valence-electron chi connectivity index (χ1n) is 12.5. The molecule has 0 saturated carbocycles. The van der Waals surface area contributed by atoms with Crippen LogP contribution in [0.1, 0.15) is 88.6 Å². The van der Waals surface area contributed by atoms with Crippen LogP contribution in [0.3, 0.4) is 0 Å². The zero-order chi connectivity index (χ0) is 26.8. The summed E-state index contributed by atoms with van der Waals surface area (Å²) in [6.45, 7) is 0.179. The van der Waals surface area contributed by atoms with Crippen molar-refractivity contribution in [2.24, 2.45) is 0 Å². The number of thiazole rings is 1. The summed E-state index contributed by atoms with van der Waals surface area (Å²) in [5, 5.41) is 5.96. The molecule has 202 valence electrons. The number of likely N-dealkylation sites (tertiary alicyclic amines) is 1. The Kier molecular flexibility index (Phi) is 7.78. The lowest BCUT2D eigenvalue weighted by Gasteiger charge is -2.31. The fourth-order valence-electron chi connectivity index (χ4n) is 5.06. The van der Waals surface area contributed by atoms with Crippen LogP contribution < -0.4 is 0 Å². The average molecular weight is 551 g/mol. The SMILES string of the molecule is O=C(OC1CCCc2ccccc21)c1csc(C2CCN(C(=O)Cn3nc(C(F)F)cc3C(F)F)CC2)n1. The molecule has 1 aliphatic heterocycles. The zero-order valence-corrected chi connectivity index (χ0v) is 21.2. The third-order valence-electron chi connectivity index (χ3n) is 7.05. The van der Waals surface area contributed by atoms with Gasteiger partial charge >= 0.3 is 5.97 Å². The second-order valence-corrected chi connectivity index (χ2v) is 10.4. The van der Waals surface area contributed by atoms with Crippen molar-refractivity contribution < 1.29 is 31.9 Å². The van der Waals surface area contributed by atoms with Crippen molar-refractivity contribution in [2.75, 3.05) is 13.1 Å². The van der Waals surface area contributed by atoms with Crippen molar-refractivity contribution >= 4 is 23.2 Å². The molecule has 0 bridgehead atoms. The number of halogens is 4. The van der Waals surface area contributed by atoms with Gasteiger partial charge in [-0.3, -0.25) is 9.48 Å². The topological polar surface area (TPSA) is 77.3 Å². The second kappa shape index (κ2) is 11.2. The molecule has 1 atom stereocenters. The summed E-state index contributed by atoms with van der Waals surface area (Å²) in [6, 6.07) is 8.60. The summed E-state index contributed by atoms with van der Waals surface area (Å²) in [5.74, 6) is -0.891. The molecule has 3 aromatic rings. The van der Waals surface area contributed by atoms with Crippen molar-refractivity contribution in [3.8, 4) is 0 Å². The number of piperidine rings is 1. The number of benzene rings is 1. The van der Waals surface area contributed by atoms with Crippen LogP contribution in [0.15, 0.2) is 35.7 Å². The summed E-state index contributed by atoms with van der Waals surface area (Å²) in [7, 11) is 0. The fraction of sp³-hybridized carbons (Fsp3) is 0.462. The van der Waals surface area contributed by atoms with E-state index in [0.717, 1.165) is 29.8 Å². The molecule has 1 aromatic carbocycles. The number of hydrogen-bond donors (Lipinski definition) is 0. The third kappa shape index (κ3) is 5.59. The highest BCUT2D eigenvalue weighted by molar-refractivity contribution is 7.09. The van der Waals surface area contributed by atoms with Gasteiger partial charge in [0.15, 0.2) is 5.69 Å². The van der Waals surface area contributed by atoms with Gasteiger partial charge in [-0.05, 0) is 49.3 Å². The second-order valence-electron chi connectivity index (χ2n) is 9.46. The summed E-state index contributed by atoms with van der Waals surface area (Å²) >= 11 is 1.37. The number of aromatic nitrogens is 3. The highest BCUT2D eigenvalue weighted by atomic mass is 32.1. The molecule has 7 nitrogen and oxygen atoms in total. The molecule has 1 amide bonds. The Labute approximate surface area is 220 Å². The maximum Gasteiger partial charge on any atom is 0.358 e. The van der Waals surface area contributed by atoms with Gasteiger partial charge in [0, 0.05) is 24.4 Å². The molecule has 0 radical (unpaired) electrons. The molecule has 5 rings (SSSR count). The van der Waals surface area contributed by atoms with Gasteiger partial charge in [0.25, 0.3) is 12.9 Å². The summed E-state index contributed by atoms with van der Waals surface area (Å²) in [4.78, 5) is 31.5. The summed E-state index contributed by atoms with van der Waals surface area (Å²) < 4.78 is 58.7. The highest BCUT2D eigenvalue weighted by Crippen LogP contribution is 2.34. The highest BCUT2D eigenvalue weighted by Gasteiger charge is 2.30. The van der Waals surface area contributed by atoms with Crippen LogP contribution in [0.4, 0.5) is 17.6 Å². The summed E-state index contributed by atoms with van der Waals surface area (Å²) in [6.07, 6.45) is -2.47. The third-order valence-corrected chi connectivity index (χ3v) is 8.06. The number of esters is 1. The van der Waals surface area contributed by atoms with Crippen LogP contribution >= 0.6 is 11.3 Å². The van der Waals surface area contributed by atoms with E-state index in [1.54, 1.807) is 5.38 Å². The van der Waals surface area contributed by atoms with E-state index in [9.17, 15) is 27.2 Å². The van der Waals surface area contributed by atoms with Crippen molar-refractivity contribution in [1.82, 2.24) is 19.7 Å². The quantitative estimate of drug-likeness (QED) is 0.272. The smallest absolute Gasteiger partial charge is 0.358 e. The Morgan fingerprint density at radius 1 is 1.08 bits per heavy atom. The first-order chi connectivity index (χ1) is 18.3. The Hall–Kier alpha value is -3.28. The van der Waals surface area contributed by atoms with Crippen molar-refractivity contribution in [3.63, 3.8) is 0 Å². The predicted octanol–water partition coefficient (Wildman–Crippen LogP) is 5.86. The molecule has 1 aliphatic carbocycles. The predicted molar refractivity (Wildman–Crippen MR) is 130 cm³/mol. The molecule has 1 saturated heterocycles. The molecule has 38 heavy (non-hydrogen) atoms. The number of rotatable bonds is 7. The van der Waals surface area contributed by atoms with E-state index in [1.807, 2.05) is 18.2 Å². The minimum atomic E-state index is -3.02. The fourth-order valence-corrected chi connectivity index (χ4v) is 6.02. The van der Waals surface area contributed by atoms with Gasteiger partial charge in [-0.25, -0.2) is 27.3 Å². The van der Waals surface area contributed by atoms with E-state index in [0.29, 0.717) is 36.7 Å². The van der Waals surface area contributed by atoms with Gasteiger partial charge in [0.2, 0.25) is 5.91 Å². The molecule has 2 aromatic heterocycles. The lowest BCUT2D eigenvalue weighted by atomic mass is 9.89. The summed E-state index contributed by atoms with van der Waals surface area (Å²) in [5.41, 5.74) is 1.02. The van der Waals surface area contributed by atoms with Crippen LogP contribution in [0.25, 0.3) is 0 Å². The Morgan fingerprint density at radius 3 is 2.58 bits per heavy atom. The molecule has 12 heteroatoms. The molecule has 1 unspecified atom stereocenters. The van der Waals surface area contributed by atoms with Crippen molar-refractivity contribution in [2.45, 2.75) is 63.5 Å². The monoisotopic (exact) mass is 550 g/mol. The van der Waals surface area contributed by atoms with E-state index in [-0.39, 0.29) is 17.7 Å². The Bertz CT molecular complexity index is 1300. The Morgan fingerprint density at radius 2 is 1.84 bits per heavy atom. The van der Waals surface area contributed by atoms with Gasteiger partial charge in [-0.15, -0.1) is 11.3 Å². The Balaban J connectivity index is 1.16. The van der Waals surface area contributed by atoms with E-state index in [2.05, 4.69) is 16.1 Å². The lowest BCUT2D eigenvalue weighted by molar-refractivity contribution is -0.133. The van der Waals surface area contributed by atoms with Crippen LogP contribution in [0.5, 0.6) is 0 Å². The van der Waals surface area contributed by atoms with Crippen LogP contribution in [0.2, 0.25) is 0 Å². The number of ether oxygens (including phenoxy) is 1. The first kappa shape index (κ1) is 26.3. The number of amides is 1. The van der Waals surface area contributed by atoms with E-state index >= 15 is 0 Å². The molecule has 0 spiro atoms. The number of carbonyl (C=O) groups excluding carboxylic acids is 2.